The van der Waals surface area contributed by atoms with Gasteiger partial charge in [-0.05, 0) is 42.2 Å². The lowest BCUT2D eigenvalue weighted by Crippen LogP contribution is -2.20. The van der Waals surface area contributed by atoms with E-state index < -0.39 is 0 Å². The number of nitrogens with zero attached hydrogens (tertiary/aromatic N) is 1. The third-order valence-corrected chi connectivity index (χ3v) is 4.14. The molecular weight excluding hydrogens is 328 g/mol. The number of nitrogens with one attached hydrogen (secondary N) is 1. The van der Waals surface area contributed by atoms with Gasteiger partial charge < -0.3 is 9.47 Å². The summed E-state index contributed by atoms with van der Waals surface area (Å²) in [5.41, 5.74) is 5.82. The number of hydrazone groups is 1. The second kappa shape index (κ2) is 8.04. The largest absolute Gasteiger partial charge is 0.497 e. The van der Waals surface area contributed by atoms with Gasteiger partial charge in [-0.2, -0.15) is 5.10 Å². The van der Waals surface area contributed by atoms with Crippen LogP contribution in [0.4, 0.5) is 0 Å². The highest BCUT2D eigenvalue weighted by molar-refractivity contribution is 6.02. The number of ether oxygens (including phenoxy) is 2. The molecule has 0 saturated carbocycles. The summed E-state index contributed by atoms with van der Waals surface area (Å²) >= 11 is 0. The van der Waals surface area contributed by atoms with Crippen LogP contribution in [0.3, 0.4) is 0 Å². The van der Waals surface area contributed by atoms with Crippen LogP contribution in [0, 0.1) is 0 Å². The molecule has 5 nitrogen and oxygen atoms in total. The van der Waals surface area contributed by atoms with E-state index in [1.54, 1.807) is 20.3 Å². The van der Waals surface area contributed by atoms with Crippen molar-refractivity contribution in [2.75, 3.05) is 14.2 Å². The summed E-state index contributed by atoms with van der Waals surface area (Å²) in [7, 11) is 3.18. The van der Waals surface area contributed by atoms with Crippen LogP contribution in [0.15, 0.2) is 47.6 Å². The van der Waals surface area contributed by atoms with E-state index in [0.29, 0.717) is 22.8 Å². The van der Waals surface area contributed by atoms with Crippen LogP contribution in [-0.4, -0.2) is 25.8 Å². The van der Waals surface area contributed by atoms with Crippen molar-refractivity contribution in [3.05, 3.63) is 59.2 Å². The maximum atomic E-state index is 12.3. The second-order valence-corrected chi connectivity index (χ2v) is 7.03. The summed E-state index contributed by atoms with van der Waals surface area (Å²) in [6, 6.07) is 13.0. The summed E-state index contributed by atoms with van der Waals surface area (Å²) in [5.74, 6) is 1.08. The summed E-state index contributed by atoms with van der Waals surface area (Å²) in [5, 5.41) is 4.20. The Kier molecular flexibility index (Phi) is 6.03. The van der Waals surface area contributed by atoms with Crippen LogP contribution in [0.25, 0.3) is 0 Å². The van der Waals surface area contributed by atoms with Gasteiger partial charge in [-0.25, -0.2) is 5.43 Å². The standard InChI is InChI=1S/C21H26N2O3/c1-14(18-12-11-17(25-5)13-19(18)26-6)22-23-20(24)15-7-9-16(10-8-15)21(2,3)4/h7-13H,1-6H3,(H,23,24). The van der Waals surface area contributed by atoms with Crippen LogP contribution in [0.1, 0.15) is 49.2 Å². The third-order valence-electron chi connectivity index (χ3n) is 4.14. The first-order valence-corrected chi connectivity index (χ1v) is 8.44. The molecule has 5 heteroatoms. The first kappa shape index (κ1) is 19.5. The maximum Gasteiger partial charge on any atom is 0.271 e. The topological polar surface area (TPSA) is 59.9 Å². The van der Waals surface area contributed by atoms with E-state index >= 15 is 0 Å². The van der Waals surface area contributed by atoms with Crippen molar-refractivity contribution in [1.82, 2.24) is 5.43 Å². The molecule has 0 radical (unpaired) electrons. The van der Waals surface area contributed by atoms with Crippen molar-refractivity contribution in [2.24, 2.45) is 5.10 Å². The van der Waals surface area contributed by atoms with Crippen molar-refractivity contribution >= 4 is 11.6 Å². The zero-order valence-electron chi connectivity index (χ0n) is 16.2. The minimum Gasteiger partial charge on any atom is -0.497 e. The number of benzene rings is 2. The molecule has 2 aromatic carbocycles. The van der Waals surface area contributed by atoms with Crippen LogP contribution in [0.2, 0.25) is 0 Å². The summed E-state index contributed by atoms with van der Waals surface area (Å²) in [4.78, 5) is 12.3. The normalized spacial score (nSPS) is 11.8. The average Bonchev–Trinajstić information content (AvgIpc) is 2.64. The zero-order chi connectivity index (χ0) is 19.3. The predicted molar refractivity (Wildman–Crippen MR) is 104 cm³/mol. The Hall–Kier alpha value is -2.82. The van der Waals surface area contributed by atoms with Crippen LogP contribution < -0.4 is 14.9 Å². The molecule has 0 bridgehead atoms. The second-order valence-electron chi connectivity index (χ2n) is 7.03. The number of amides is 1. The highest BCUT2D eigenvalue weighted by Crippen LogP contribution is 2.25. The van der Waals surface area contributed by atoms with E-state index in [1.807, 2.05) is 43.3 Å². The van der Waals surface area contributed by atoms with Gasteiger partial charge in [0, 0.05) is 17.2 Å². The first-order chi connectivity index (χ1) is 12.3. The van der Waals surface area contributed by atoms with E-state index in [4.69, 9.17) is 9.47 Å². The molecule has 2 aromatic rings. The summed E-state index contributed by atoms with van der Waals surface area (Å²) in [6.45, 7) is 8.22. The molecule has 0 aliphatic heterocycles. The third kappa shape index (κ3) is 4.63. The Morgan fingerprint density at radius 2 is 1.65 bits per heavy atom. The molecule has 0 fully saturated rings. The highest BCUT2D eigenvalue weighted by Gasteiger charge is 2.14. The SMILES string of the molecule is COc1ccc(C(C)=NNC(=O)c2ccc(C(C)(C)C)cc2)c(OC)c1. The molecule has 0 aliphatic carbocycles. The Morgan fingerprint density at radius 3 is 2.19 bits per heavy atom. The van der Waals surface area contributed by atoms with Gasteiger partial charge in [0.2, 0.25) is 0 Å². The number of hydrogen-bond acceptors (Lipinski definition) is 4. The summed E-state index contributed by atoms with van der Waals surface area (Å²) in [6.07, 6.45) is 0. The summed E-state index contributed by atoms with van der Waals surface area (Å²) < 4.78 is 10.6. The molecule has 0 unspecified atom stereocenters. The van der Waals surface area contributed by atoms with Gasteiger partial charge in [0.1, 0.15) is 11.5 Å². The molecule has 26 heavy (non-hydrogen) atoms. The molecule has 138 valence electrons. The fourth-order valence-electron chi connectivity index (χ4n) is 2.48. The van der Waals surface area contributed by atoms with Gasteiger partial charge in [-0.15, -0.1) is 0 Å². The van der Waals surface area contributed by atoms with Crippen LogP contribution in [0.5, 0.6) is 11.5 Å². The molecular formula is C21H26N2O3. The van der Waals surface area contributed by atoms with Gasteiger partial charge in [0.05, 0.1) is 19.9 Å². The number of carbonyl (C=O) groups is 1. The van der Waals surface area contributed by atoms with E-state index in [9.17, 15) is 4.79 Å². The number of methoxy groups -OCH3 is 2. The minimum atomic E-state index is -0.253. The van der Waals surface area contributed by atoms with Crippen LogP contribution in [-0.2, 0) is 5.41 Å². The quantitative estimate of drug-likeness (QED) is 0.648. The van der Waals surface area contributed by atoms with Crippen molar-refractivity contribution in [3.63, 3.8) is 0 Å². The lowest BCUT2D eigenvalue weighted by atomic mass is 9.87. The Labute approximate surface area is 155 Å². The molecule has 1 N–H and O–H groups in total. The van der Waals surface area contributed by atoms with Gasteiger partial charge >= 0.3 is 0 Å². The Bertz CT molecular complexity index is 803. The van der Waals surface area contributed by atoms with Gasteiger partial charge in [0.25, 0.3) is 5.91 Å². The minimum absolute atomic E-state index is 0.0503. The maximum absolute atomic E-state index is 12.3. The predicted octanol–water partition coefficient (Wildman–Crippen LogP) is 4.16. The van der Waals surface area contributed by atoms with E-state index in [0.717, 1.165) is 5.56 Å². The van der Waals surface area contributed by atoms with Crippen LogP contribution >= 0.6 is 0 Å². The smallest absolute Gasteiger partial charge is 0.271 e. The molecule has 1 amide bonds. The van der Waals surface area contributed by atoms with Gasteiger partial charge in [0.15, 0.2) is 0 Å². The lowest BCUT2D eigenvalue weighted by Gasteiger charge is -2.18. The molecule has 0 atom stereocenters. The fraction of sp³-hybridized carbons (Fsp3) is 0.333. The molecule has 0 spiro atoms. The highest BCUT2D eigenvalue weighted by atomic mass is 16.5. The van der Waals surface area contributed by atoms with Crippen molar-refractivity contribution < 1.29 is 14.3 Å². The Morgan fingerprint density at radius 1 is 1.00 bits per heavy atom. The number of carbonyl (C=O) groups excluding carboxylic acids is 1. The number of hydrogen-bond donors (Lipinski definition) is 1. The first-order valence-electron chi connectivity index (χ1n) is 8.44. The fourth-order valence-corrected chi connectivity index (χ4v) is 2.48. The van der Waals surface area contributed by atoms with Crippen molar-refractivity contribution in [1.29, 1.82) is 0 Å². The monoisotopic (exact) mass is 354 g/mol. The zero-order valence-corrected chi connectivity index (χ0v) is 16.2. The lowest BCUT2D eigenvalue weighted by molar-refractivity contribution is 0.0954. The number of rotatable bonds is 5. The molecule has 0 aliphatic rings. The molecule has 0 aromatic heterocycles. The van der Waals surface area contributed by atoms with Crippen molar-refractivity contribution in [2.45, 2.75) is 33.1 Å². The average molecular weight is 354 g/mol. The van der Waals surface area contributed by atoms with E-state index in [-0.39, 0.29) is 11.3 Å². The van der Waals surface area contributed by atoms with Crippen molar-refractivity contribution in [3.8, 4) is 11.5 Å². The van der Waals surface area contributed by atoms with Gasteiger partial charge in [-0.1, -0.05) is 32.9 Å². The van der Waals surface area contributed by atoms with E-state index in [2.05, 4.69) is 31.3 Å². The molecule has 0 heterocycles. The van der Waals surface area contributed by atoms with E-state index in [1.165, 1.54) is 5.56 Å². The Balaban J connectivity index is 2.14. The van der Waals surface area contributed by atoms with Gasteiger partial charge in [-0.3, -0.25) is 4.79 Å². The molecule has 0 saturated heterocycles. The molecule has 2 rings (SSSR count).